The maximum absolute atomic E-state index is 11.6. The van der Waals surface area contributed by atoms with Gasteiger partial charge < -0.3 is 5.32 Å². The summed E-state index contributed by atoms with van der Waals surface area (Å²) >= 11 is 0. The average Bonchev–Trinajstić information content (AvgIpc) is 2.68. The van der Waals surface area contributed by atoms with E-state index in [9.17, 15) is 8.42 Å². The largest absolute Gasteiger partial charge is 0.310 e. The highest BCUT2D eigenvalue weighted by atomic mass is 32.2. The zero-order valence-electron chi connectivity index (χ0n) is 13.9. The third-order valence-corrected chi connectivity index (χ3v) is 5.73. The normalized spacial score (nSPS) is 13.6. The minimum atomic E-state index is -2.88. The van der Waals surface area contributed by atoms with E-state index in [1.54, 1.807) is 6.92 Å². The van der Waals surface area contributed by atoms with E-state index in [0.29, 0.717) is 6.42 Å². The molecule has 0 bridgehead atoms. The highest BCUT2D eigenvalue weighted by Crippen LogP contribution is 2.25. The molecule has 1 aromatic heterocycles. The number of nitrogens with zero attached hydrogens (tertiary/aromatic N) is 2. The van der Waals surface area contributed by atoms with Crippen LogP contribution in [0.25, 0.3) is 0 Å². The zero-order chi connectivity index (χ0) is 16.0. The number of nitrogens with one attached hydrogen (secondary N) is 1. The van der Waals surface area contributed by atoms with Crippen molar-refractivity contribution in [1.29, 1.82) is 0 Å². The van der Waals surface area contributed by atoms with Gasteiger partial charge in [-0.2, -0.15) is 5.10 Å². The van der Waals surface area contributed by atoms with Crippen LogP contribution in [0.5, 0.6) is 0 Å². The van der Waals surface area contributed by atoms with E-state index in [0.717, 1.165) is 30.8 Å². The first-order valence-corrected chi connectivity index (χ1v) is 9.58. The lowest BCUT2D eigenvalue weighted by atomic mass is 10.0. The number of sulfone groups is 1. The number of hydrogen-bond donors (Lipinski definition) is 1. The molecule has 0 aliphatic carbocycles. The lowest BCUT2D eigenvalue weighted by molar-refractivity contribution is 0.488. The van der Waals surface area contributed by atoms with Crippen LogP contribution in [0.3, 0.4) is 0 Å². The van der Waals surface area contributed by atoms with Gasteiger partial charge >= 0.3 is 0 Å². The molecule has 0 aromatic carbocycles. The summed E-state index contributed by atoms with van der Waals surface area (Å²) in [5.74, 6) is 0.497. The van der Waals surface area contributed by atoms with Crippen molar-refractivity contribution < 1.29 is 8.42 Å². The first kappa shape index (κ1) is 18.2. The van der Waals surface area contributed by atoms with Gasteiger partial charge in [0.2, 0.25) is 0 Å². The van der Waals surface area contributed by atoms with E-state index in [1.165, 1.54) is 5.56 Å². The molecule has 0 radical (unpaired) electrons. The van der Waals surface area contributed by atoms with Gasteiger partial charge in [0.1, 0.15) is 9.84 Å². The molecular formula is C15H29N3O2S. The summed E-state index contributed by atoms with van der Waals surface area (Å²) in [7, 11) is -0.933. The lowest BCUT2D eigenvalue weighted by Gasteiger charge is -2.19. The number of rotatable bonds is 9. The third-order valence-electron chi connectivity index (χ3n) is 3.94. The summed E-state index contributed by atoms with van der Waals surface area (Å²) in [5.41, 5.74) is 3.40. The van der Waals surface area contributed by atoms with Gasteiger partial charge in [0, 0.05) is 30.1 Å². The molecule has 1 rings (SSSR count). The van der Waals surface area contributed by atoms with Crippen LogP contribution in [0.1, 0.15) is 56.1 Å². The predicted molar refractivity (Wildman–Crippen MR) is 87.3 cm³/mol. The Kier molecular flexibility index (Phi) is 6.87. The van der Waals surface area contributed by atoms with Crippen molar-refractivity contribution in [2.75, 3.05) is 18.1 Å². The Labute approximate surface area is 129 Å². The molecule has 122 valence electrons. The smallest absolute Gasteiger partial charge is 0.150 e. The Morgan fingerprint density at radius 2 is 1.95 bits per heavy atom. The molecule has 0 amide bonds. The van der Waals surface area contributed by atoms with Crippen molar-refractivity contribution in [2.24, 2.45) is 7.05 Å². The molecular weight excluding hydrogens is 286 g/mol. The van der Waals surface area contributed by atoms with Crippen molar-refractivity contribution >= 4 is 9.84 Å². The van der Waals surface area contributed by atoms with Crippen LogP contribution in [0, 0.1) is 13.8 Å². The van der Waals surface area contributed by atoms with E-state index >= 15 is 0 Å². The Morgan fingerprint density at radius 1 is 1.29 bits per heavy atom. The molecule has 1 heterocycles. The highest BCUT2D eigenvalue weighted by molar-refractivity contribution is 7.91. The Hall–Kier alpha value is -0.880. The maximum atomic E-state index is 11.6. The highest BCUT2D eigenvalue weighted by Gasteiger charge is 2.20. The molecule has 0 fully saturated rings. The van der Waals surface area contributed by atoms with Crippen LogP contribution in [-0.2, 0) is 16.9 Å². The van der Waals surface area contributed by atoms with E-state index in [2.05, 4.69) is 24.3 Å². The van der Waals surface area contributed by atoms with Crippen LogP contribution in [0.4, 0.5) is 0 Å². The monoisotopic (exact) mass is 315 g/mol. The molecule has 6 heteroatoms. The Balaban J connectivity index is 2.81. The molecule has 0 aliphatic rings. The molecule has 1 atom stereocenters. The van der Waals surface area contributed by atoms with Crippen LogP contribution < -0.4 is 5.32 Å². The summed E-state index contributed by atoms with van der Waals surface area (Å²) in [4.78, 5) is 0. The summed E-state index contributed by atoms with van der Waals surface area (Å²) in [6, 6.07) is 0.186. The van der Waals surface area contributed by atoms with Crippen LogP contribution in [0.2, 0.25) is 0 Å². The molecule has 0 spiro atoms. The third kappa shape index (κ3) is 5.11. The second-order valence-electron chi connectivity index (χ2n) is 5.59. The average molecular weight is 315 g/mol. The quantitative estimate of drug-likeness (QED) is 0.759. The molecule has 1 unspecified atom stereocenters. The summed E-state index contributed by atoms with van der Waals surface area (Å²) in [5, 5.41) is 8.01. The maximum Gasteiger partial charge on any atom is 0.150 e. The van der Waals surface area contributed by atoms with Gasteiger partial charge in [-0.1, -0.05) is 13.8 Å². The van der Waals surface area contributed by atoms with Crippen molar-refractivity contribution in [2.45, 2.75) is 53.0 Å². The fourth-order valence-electron chi connectivity index (χ4n) is 2.61. The zero-order valence-corrected chi connectivity index (χ0v) is 14.8. The van der Waals surface area contributed by atoms with Gasteiger partial charge in [0.25, 0.3) is 0 Å². The lowest BCUT2D eigenvalue weighted by Crippen LogP contribution is -2.24. The predicted octanol–water partition coefficient (Wildman–Crippen LogP) is 2.29. The van der Waals surface area contributed by atoms with Gasteiger partial charge in [-0.25, -0.2) is 8.42 Å². The van der Waals surface area contributed by atoms with E-state index in [-0.39, 0.29) is 17.5 Å². The summed E-state index contributed by atoms with van der Waals surface area (Å²) in [6.45, 7) is 8.86. The van der Waals surface area contributed by atoms with Crippen LogP contribution in [-0.4, -0.2) is 36.2 Å². The fourth-order valence-corrected chi connectivity index (χ4v) is 3.51. The topological polar surface area (TPSA) is 64.0 Å². The molecule has 0 saturated heterocycles. The first-order valence-electron chi connectivity index (χ1n) is 7.76. The Morgan fingerprint density at radius 3 is 2.43 bits per heavy atom. The number of aryl methyl sites for hydroxylation is 2. The van der Waals surface area contributed by atoms with Crippen LogP contribution in [0.15, 0.2) is 0 Å². The number of hydrogen-bond acceptors (Lipinski definition) is 4. The molecule has 1 N–H and O–H groups in total. The molecule has 1 aromatic rings. The molecule has 0 saturated carbocycles. The van der Waals surface area contributed by atoms with E-state index < -0.39 is 9.84 Å². The van der Waals surface area contributed by atoms with E-state index in [4.69, 9.17) is 0 Å². The van der Waals surface area contributed by atoms with Crippen molar-refractivity contribution in [3.05, 3.63) is 17.0 Å². The molecule has 21 heavy (non-hydrogen) atoms. The van der Waals surface area contributed by atoms with Crippen molar-refractivity contribution in [3.8, 4) is 0 Å². The minimum Gasteiger partial charge on any atom is -0.310 e. The van der Waals surface area contributed by atoms with Gasteiger partial charge in [-0.15, -0.1) is 0 Å². The standard InChI is InChI=1S/C15H29N3O2S/c1-6-10-16-14(9-8-11-21(19,20)7-2)15-12(3)17-18(5)13(15)4/h14,16H,6-11H2,1-5H3. The SMILES string of the molecule is CCCNC(CCCS(=O)(=O)CC)c1c(C)nn(C)c1C. The van der Waals surface area contributed by atoms with Gasteiger partial charge in [0.15, 0.2) is 0 Å². The van der Waals surface area contributed by atoms with Crippen molar-refractivity contribution in [3.63, 3.8) is 0 Å². The molecule has 0 aliphatic heterocycles. The Bertz CT molecular complexity index is 550. The molecule has 5 nitrogen and oxygen atoms in total. The second kappa shape index (κ2) is 7.94. The second-order valence-corrected chi connectivity index (χ2v) is 8.07. The van der Waals surface area contributed by atoms with Gasteiger partial charge in [-0.3, -0.25) is 4.68 Å². The van der Waals surface area contributed by atoms with E-state index in [1.807, 2.05) is 18.7 Å². The first-order chi connectivity index (χ1) is 9.82. The minimum absolute atomic E-state index is 0.186. The van der Waals surface area contributed by atoms with Gasteiger partial charge in [-0.05, 0) is 39.7 Å². The van der Waals surface area contributed by atoms with Crippen LogP contribution >= 0.6 is 0 Å². The summed E-state index contributed by atoms with van der Waals surface area (Å²) in [6.07, 6.45) is 2.57. The van der Waals surface area contributed by atoms with Crippen molar-refractivity contribution in [1.82, 2.24) is 15.1 Å². The fraction of sp³-hybridized carbons (Fsp3) is 0.800. The number of aromatic nitrogens is 2. The summed E-state index contributed by atoms with van der Waals surface area (Å²) < 4.78 is 25.2. The van der Waals surface area contributed by atoms with Gasteiger partial charge in [0.05, 0.1) is 11.4 Å².